The summed E-state index contributed by atoms with van der Waals surface area (Å²) in [5.74, 6) is 0. The van der Waals surface area contributed by atoms with Crippen LogP contribution in [-0.2, 0) is 18.9 Å². The van der Waals surface area contributed by atoms with E-state index < -0.39 is 68.5 Å². The van der Waals surface area contributed by atoms with E-state index in [9.17, 15) is 25.5 Å². The second-order valence-corrected chi connectivity index (χ2v) is 7.65. The summed E-state index contributed by atoms with van der Waals surface area (Å²) in [6.45, 7) is 1.41. The van der Waals surface area contributed by atoms with Crippen molar-refractivity contribution in [1.82, 2.24) is 0 Å². The Hall–Kier alpha value is -0.400. The van der Waals surface area contributed by atoms with E-state index in [0.29, 0.717) is 6.61 Å². The van der Waals surface area contributed by atoms with Gasteiger partial charge in [-0.2, -0.15) is 0 Å². The molecule has 6 N–H and O–H groups in total. The van der Waals surface area contributed by atoms with Crippen LogP contribution in [0.1, 0.15) is 45.4 Å². The monoisotopic (exact) mass is 424 g/mol. The van der Waals surface area contributed by atoms with Gasteiger partial charge in [-0.25, -0.2) is 0 Å². The maximum Gasteiger partial charge on any atom is 0.187 e. The number of unbranched alkanes of at least 4 members (excludes halogenated alkanes) is 5. The van der Waals surface area contributed by atoms with Gasteiger partial charge in [0.1, 0.15) is 42.7 Å². The molecule has 2 rings (SSSR count). The third-order valence-corrected chi connectivity index (χ3v) is 5.39. The third-order valence-electron chi connectivity index (χ3n) is 5.39. The average molecular weight is 424 g/mol. The van der Waals surface area contributed by atoms with E-state index in [2.05, 4.69) is 6.92 Å². The first-order chi connectivity index (χ1) is 13.9. The molecular weight excluding hydrogens is 388 g/mol. The summed E-state index contributed by atoms with van der Waals surface area (Å²) in [7, 11) is 0. The van der Waals surface area contributed by atoms with E-state index in [0.717, 1.165) is 19.3 Å². The molecule has 2 saturated heterocycles. The summed E-state index contributed by atoms with van der Waals surface area (Å²) in [4.78, 5) is 0. The van der Waals surface area contributed by atoms with E-state index in [-0.39, 0.29) is 0 Å². The Morgan fingerprint density at radius 2 is 1.45 bits per heavy atom. The first kappa shape index (κ1) is 24.9. The molecule has 0 saturated carbocycles. The molecule has 2 fully saturated rings. The van der Waals surface area contributed by atoms with Gasteiger partial charge in [-0.1, -0.05) is 39.0 Å². The van der Waals surface area contributed by atoms with Crippen molar-refractivity contribution in [2.45, 2.75) is 101 Å². The SMILES string of the molecule is CCCCCCCCO[C@@H]1O[C@@H]([C@@H](CO)O[C@@H]2O[C@@H](CO)[C@H](O)[C@H]2O)[C@H](O)[C@H]1O. The lowest BCUT2D eigenvalue weighted by Crippen LogP contribution is -2.46. The Balaban J connectivity index is 1.81. The van der Waals surface area contributed by atoms with Crippen LogP contribution in [-0.4, -0.2) is 106 Å². The summed E-state index contributed by atoms with van der Waals surface area (Å²) in [6, 6.07) is 0. The van der Waals surface area contributed by atoms with Crippen molar-refractivity contribution in [1.29, 1.82) is 0 Å². The molecular formula is C19H36O10. The molecule has 10 heteroatoms. The number of hydrogen-bond donors (Lipinski definition) is 6. The second-order valence-electron chi connectivity index (χ2n) is 7.65. The van der Waals surface area contributed by atoms with Gasteiger partial charge in [-0.3, -0.25) is 0 Å². The van der Waals surface area contributed by atoms with Gasteiger partial charge in [0.05, 0.1) is 13.2 Å². The van der Waals surface area contributed by atoms with Crippen LogP contribution in [0.25, 0.3) is 0 Å². The van der Waals surface area contributed by atoms with Crippen LogP contribution >= 0.6 is 0 Å². The van der Waals surface area contributed by atoms with Gasteiger partial charge in [0.2, 0.25) is 0 Å². The van der Waals surface area contributed by atoms with Gasteiger partial charge in [0.15, 0.2) is 12.6 Å². The van der Waals surface area contributed by atoms with Gasteiger partial charge in [0, 0.05) is 6.61 Å². The molecule has 0 aromatic heterocycles. The smallest absolute Gasteiger partial charge is 0.187 e. The molecule has 0 radical (unpaired) electrons. The van der Waals surface area contributed by atoms with Crippen LogP contribution < -0.4 is 0 Å². The fourth-order valence-electron chi connectivity index (χ4n) is 3.57. The Bertz CT molecular complexity index is 453. The molecule has 172 valence electrons. The molecule has 0 aliphatic carbocycles. The van der Waals surface area contributed by atoms with Crippen LogP contribution in [0.3, 0.4) is 0 Å². The van der Waals surface area contributed by atoms with Crippen molar-refractivity contribution in [2.75, 3.05) is 19.8 Å². The third kappa shape index (κ3) is 6.54. The summed E-state index contributed by atoms with van der Waals surface area (Å²) < 4.78 is 21.8. The predicted octanol–water partition coefficient (Wildman–Crippen LogP) is -1.37. The standard InChI is InChI=1S/C19H36O10/c1-2-3-4-5-6-7-8-26-18-16(25)14(23)17(29-18)12(10-21)28-19-15(24)13(22)11(9-20)27-19/h11-25H,2-10H2,1H3/t11-,12+,13-,14+,15+,16+,17-,18+,19-/m0/s1. The average Bonchev–Trinajstić information content (AvgIpc) is 3.16. The zero-order valence-electron chi connectivity index (χ0n) is 16.9. The highest BCUT2D eigenvalue weighted by molar-refractivity contribution is 4.93. The lowest BCUT2D eigenvalue weighted by atomic mass is 10.1. The van der Waals surface area contributed by atoms with Crippen molar-refractivity contribution >= 4 is 0 Å². The van der Waals surface area contributed by atoms with E-state index in [1.54, 1.807) is 0 Å². The number of hydrogen-bond acceptors (Lipinski definition) is 10. The Labute approximate surface area is 171 Å². The summed E-state index contributed by atoms with van der Waals surface area (Å²) in [6.07, 6.45) is -4.68. The second kappa shape index (κ2) is 12.5. The minimum atomic E-state index is -1.44. The van der Waals surface area contributed by atoms with Crippen LogP contribution in [0.4, 0.5) is 0 Å². The quantitative estimate of drug-likeness (QED) is 0.195. The van der Waals surface area contributed by atoms with Crippen LogP contribution in [0, 0.1) is 0 Å². The van der Waals surface area contributed by atoms with Crippen molar-refractivity contribution in [3.05, 3.63) is 0 Å². The highest BCUT2D eigenvalue weighted by Gasteiger charge is 2.50. The number of rotatable bonds is 13. The molecule has 0 aromatic carbocycles. The van der Waals surface area contributed by atoms with Gasteiger partial charge in [-0.15, -0.1) is 0 Å². The van der Waals surface area contributed by atoms with Crippen molar-refractivity contribution < 1.29 is 49.6 Å². The Morgan fingerprint density at radius 3 is 2.07 bits per heavy atom. The fraction of sp³-hybridized carbons (Fsp3) is 1.00. The first-order valence-electron chi connectivity index (χ1n) is 10.5. The predicted molar refractivity (Wildman–Crippen MR) is 99.7 cm³/mol. The molecule has 2 heterocycles. The zero-order valence-corrected chi connectivity index (χ0v) is 16.9. The molecule has 9 atom stereocenters. The molecule has 0 aromatic rings. The van der Waals surface area contributed by atoms with Crippen molar-refractivity contribution in [2.24, 2.45) is 0 Å². The number of aliphatic hydroxyl groups excluding tert-OH is 6. The van der Waals surface area contributed by atoms with Crippen LogP contribution in [0.5, 0.6) is 0 Å². The largest absolute Gasteiger partial charge is 0.394 e. The lowest BCUT2D eigenvalue weighted by molar-refractivity contribution is -0.240. The highest BCUT2D eigenvalue weighted by Crippen LogP contribution is 2.29. The van der Waals surface area contributed by atoms with Crippen molar-refractivity contribution in [3.63, 3.8) is 0 Å². The minimum absolute atomic E-state index is 0.368. The number of aliphatic hydroxyl groups is 6. The summed E-state index contributed by atoms with van der Waals surface area (Å²) >= 11 is 0. The molecule has 10 nitrogen and oxygen atoms in total. The maximum absolute atomic E-state index is 10.3. The van der Waals surface area contributed by atoms with E-state index >= 15 is 0 Å². The van der Waals surface area contributed by atoms with Crippen LogP contribution in [0.15, 0.2) is 0 Å². The Kier molecular flexibility index (Phi) is 10.7. The number of ether oxygens (including phenoxy) is 4. The van der Waals surface area contributed by atoms with Gasteiger partial charge >= 0.3 is 0 Å². The van der Waals surface area contributed by atoms with E-state index in [1.165, 1.54) is 19.3 Å². The molecule has 0 bridgehead atoms. The van der Waals surface area contributed by atoms with Gasteiger partial charge in [-0.05, 0) is 6.42 Å². The lowest BCUT2D eigenvalue weighted by Gasteiger charge is -2.27. The minimum Gasteiger partial charge on any atom is -0.394 e. The summed E-state index contributed by atoms with van der Waals surface area (Å²) in [5.41, 5.74) is 0. The zero-order chi connectivity index (χ0) is 21.4. The van der Waals surface area contributed by atoms with E-state index in [4.69, 9.17) is 24.1 Å². The first-order valence-corrected chi connectivity index (χ1v) is 10.5. The van der Waals surface area contributed by atoms with Crippen molar-refractivity contribution in [3.8, 4) is 0 Å². The fourth-order valence-corrected chi connectivity index (χ4v) is 3.57. The molecule has 0 spiro atoms. The molecule has 2 aliphatic rings. The molecule has 0 amide bonds. The summed E-state index contributed by atoms with van der Waals surface area (Å²) in [5, 5.41) is 59.0. The highest BCUT2D eigenvalue weighted by atomic mass is 16.7. The van der Waals surface area contributed by atoms with Crippen LogP contribution in [0.2, 0.25) is 0 Å². The molecule has 29 heavy (non-hydrogen) atoms. The Morgan fingerprint density at radius 1 is 0.793 bits per heavy atom. The molecule has 0 unspecified atom stereocenters. The normalized spacial score (nSPS) is 38.6. The van der Waals surface area contributed by atoms with Gasteiger partial charge in [0.25, 0.3) is 0 Å². The molecule has 2 aliphatic heterocycles. The van der Waals surface area contributed by atoms with Gasteiger partial charge < -0.3 is 49.6 Å². The topological polar surface area (TPSA) is 158 Å². The maximum atomic E-state index is 10.3. The van der Waals surface area contributed by atoms with E-state index in [1.807, 2.05) is 0 Å².